The Kier molecular flexibility index (Phi) is 7.13. The van der Waals surface area contributed by atoms with Gasteiger partial charge in [-0.2, -0.15) is 0 Å². The molecule has 1 unspecified atom stereocenters. The molecular formula is C10H23NO3S. The second-order valence-corrected chi connectivity index (χ2v) is 6.58. The Balaban J connectivity index is 3.49. The lowest BCUT2D eigenvalue weighted by Gasteiger charge is -2.14. The van der Waals surface area contributed by atoms with Gasteiger partial charge in [0.05, 0.1) is 11.9 Å². The molecule has 15 heavy (non-hydrogen) atoms. The van der Waals surface area contributed by atoms with E-state index in [0.29, 0.717) is 19.5 Å². The fraction of sp³-hybridized carbons (Fsp3) is 1.00. The number of sulfone groups is 1. The molecule has 92 valence electrons. The molecule has 2 N–H and O–H groups in total. The van der Waals surface area contributed by atoms with Gasteiger partial charge in [-0.25, -0.2) is 8.42 Å². The van der Waals surface area contributed by atoms with Crippen molar-refractivity contribution in [3.63, 3.8) is 0 Å². The van der Waals surface area contributed by atoms with E-state index >= 15 is 0 Å². The molecule has 0 aliphatic carbocycles. The van der Waals surface area contributed by atoms with Gasteiger partial charge in [0, 0.05) is 12.3 Å². The quantitative estimate of drug-likeness (QED) is 0.600. The maximum atomic E-state index is 11.1. The van der Waals surface area contributed by atoms with Crippen LogP contribution in [-0.2, 0) is 9.84 Å². The van der Waals surface area contributed by atoms with Gasteiger partial charge in [0.15, 0.2) is 0 Å². The van der Waals surface area contributed by atoms with E-state index in [1.54, 1.807) is 6.92 Å². The van der Waals surface area contributed by atoms with E-state index in [-0.39, 0.29) is 23.5 Å². The molecule has 0 fully saturated rings. The van der Waals surface area contributed by atoms with Gasteiger partial charge in [-0.05, 0) is 18.9 Å². The van der Waals surface area contributed by atoms with Crippen molar-refractivity contribution >= 4 is 9.84 Å². The molecule has 1 atom stereocenters. The molecule has 0 saturated heterocycles. The van der Waals surface area contributed by atoms with Crippen molar-refractivity contribution in [2.75, 3.05) is 24.6 Å². The van der Waals surface area contributed by atoms with Gasteiger partial charge in [-0.3, -0.25) is 0 Å². The van der Waals surface area contributed by atoms with Gasteiger partial charge < -0.3 is 10.4 Å². The monoisotopic (exact) mass is 237 g/mol. The summed E-state index contributed by atoms with van der Waals surface area (Å²) in [5.41, 5.74) is 0. The smallest absolute Gasteiger partial charge is 0.150 e. The molecule has 0 aromatic heterocycles. The highest BCUT2D eigenvalue weighted by atomic mass is 32.2. The molecule has 0 radical (unpaired) electrons. The number of rotatable bonds is 8. The predicted molar refractivity (Wildman–Crippen MR) is 62.7 cm³/mol. The number of hydrogen-bond donors (Lipinski definition) is 2. The highest BCUT2D eigenvalue weighted by Gasteiger charge is 2.09. The summed E-state index contributed by atoms with van der Waals surface area (Å²) >= 11 is 0. The van der Waals surface area contributed by atoms with E-state index in [1.807, 2.05) is 13.8 Å². The zero-order valence-electron chi connectivity index (χ0n) is 9.86. The Morgan fingerprint density at radius 3 is 2.40 bits per heavy atom. The Morgan fingerprint density at radius 1 is 1.33 bits per heavy atom. The molecule has 0 aromatic carbocycles. The van der Waals surface area contributed by atoms with Crippen LogP contribution >= 0.6 is 0 Å². The number of aliphatic hydroxyl groups excluding tert-OH is 1. The third-order valence-corrected chi connectivity index (χ3v) is 4.16. The third kappa shape index (κ3) is 7.76. The van der Waals surface area contributed by atoms with E-state index in [0.717, 1.165) is 0 Å². The summed E-state index contributed by atoms with van der Waals surface area (Å²) in [6, 6.07) is 0. The van der Waals surface area contributed by atoms with Gasteiger partial charge in [0.25, 0.3) is 0 Å². The molecule has 5 heteroatoms. The van der Waals surface area contributed by atoms with Crippen LogP contribution in [0.5, 0.6) is 0 Å². The summed E-state index contributed by atoms with van der Waals surface area (Å²) in [5.74, 6) is 0.674. The van der Waals surface area contributed by atoms with Crippen LogP contribution in [0.2, 0.25) is 0 Å². The van der Waals surface area contributed by atoms with Crippen molar-refractivity contribution < 1.29 is 13.5 Å². The summed E-state index contributed by atoms with van der Waals surface area (Å²) in [4.78, 5) is 0. The van der Waals surface area contributed by atoms with Crippen LogP contribution in [0.1, 0.15) is 27.2 Å². The largest absolute Gasteiger partial charge is 0.392 e. The van der Waals surface area contributed by atoms with Crippen LogP contribution in [-0.4, -0.2) is 44.2 Å². The second kappa shape index (κ2) is 7.19. The first-order chi connectivity index (χ1) is 6.89. The zero-order valence-corrected chi connectivity index (χ0v) is 10.7. The molecule has 0 heterocycles. The lowest BCUT2D eigenvalue weighted by atomic mass is 10.1. The van der Waals surface area contributed by atoms with E-state index in [1.165, 1.54) is 0 Å². The molecule has 0 aliphatic heterocycles. The third-order valence-electron chi connectivity index (χ3n) is 2.37. The lowest BCUT2D eigenvalue weighted by molar-refractivity contribution is 0.124. The molecule has 4 nitrogen and oxygen atoms in total. The summed E-state index contributed by atoms with van der Waals surface area (Å²) in [6.45, 7) is 6.74. The minimum Gasteiger partial charge on any atom is -0.392 e. The summed E-state index contributed by atoms with van der Waals surface area (Å²) in [7, 11) is -2.84. The second-order valence-electron chi connectivity index (χ2n) is 4.11. The predicted octanol–water partition coefficient (Wildman–Crippen LogP) is 0.418. The van der Waals surface area contributed by atoms with Gasteiger partial charge >= 0.3 is 0 Å². The summed E-state index contributed by atoms with van der Waals surface area (Å²) < 4.78 is 22.3. The first-order valence-corrected chi connectivity index (χ1v) is 7.30. The minimum atomic E-state index is -2.84. The Morgan fingerprint density at radius 2 is 1.93 bits per heavy atom. The van der Waals surface area contributed by atoms with E-state index in [2.05, 4.69) is 5.32 Å². The Hall–Kier alpha value is -0.130. The molecule has 0 amide bonds. The summed E-state index contributed by atoms with van der Waals surface area (Å²) in [5, 5.41) is 12.5. The molecule has 0 saturated carbocycles. The standard InChI is InChI=1S/C10H23NO3S/c1-4-15(13,14)7-5-6-11-8-10(12)9(2)3/h9-12H,4-8H2,1-3H3. The van der Waals surface area contributed by atoms with Gasteiger partial charge in [0.2, 0.25) is 0 Å². The highest BCUT2D eigenvalue weighted by molar-refractivity contribution is 7.91. The number of hydrogen-bond acceptors (Lipinski definition) is 4. The molecule has 0 spiro atoms. The van der Waals surface area contributed by atoms with E-state index in [9.17, 15) is 13.5 Å². The van der Waals surface area contributed by atoms with E-state index in [4.69, 9.17) is 0 Å². The average Bonchev–Trinajstić information content (AvgIpc) is 2.16. The highest BCUT2D eigenvalue weighted by Crippen LogP contribution is 1.99. The fourth-order valence-electron chi connectivity index (χ4n) is 1.05. The van der Waals surface area contributed by atoms with Crippen LogP contribution in [0.3, 0.4) is 0 Å². The lowest BCUT2D eigenvalue weighted by Crippen LogP contribution is -2.31. The number of nitrogens with one attached hydrogen (secondary N) is 1. The Labute approximate surface area is 93.0 Å². The minimum absolute atomic E-state index is 0.210. The first kappa shape index (κ1) is 14.9. The fourth-order valence-corrected chi connectivity index (χ4v) is 1.92. The first-order valence-electron chi connectivity index (χ1n) is 5.48. The SMILES string of the molecule is CCS(=O)(=O)CCCNCC(O)C(C)C. The molecular weight excluding hydrogens is 214 g/mol. The van der Waals surface area contributed by atoms with Crippen molar-refractivity contribution in [3.8, 4) is 0 Å². The summed E-state index contributed by atoms with van der Waals surface area (Å²) in [6.07, 6.45) is 0.258. The number of aliphatic hydroxyl groups is 1. The van der Waals surface area contributed by atoms with Crippen LogP contribution in [0.25, 0.3) is 0 Å². The van der Waals surface area contributed by atoms with Crippen molar-refractivity contribution in [3.05, 3.63) is 0 Å². The van der Waals surface area contributed by atoms with E-state index < -0.39 is 9.84 Å². The maximum Gasteiger partial charge on any atom is 0.150 e. The van der Waals surface area contributed by atoms with Crippen molar-refractivity contribution in [2.24, 2.45) is 5.92 Å². The van der Waals surface area contributed by atoms with Gasteiger partial charge in [-0.15, -0.1) is 0 Å². The molecule has 0 rings (SSSR count). The van der Waals surface area contributed by atoms with Crippen LogP contribution in [0, 0.1) is 5.92 Å². The van der Waals surface area contributed by atoms with Crippen LogP contribution in [0.15, 0.2) is 0 Å². The van der Waals surface area contributed by atoms with Crippen molar-refractivity contribution in [1.82, 2.24) is 5.32 Å². The normalized spacial score (nSPS) is 14.5. The Bertz CT molecular complexity index is 249. The van der Waals surface area contributed by atoms with Crippen LogP contribution < -0.4 is 5.32 Å². The molecule has 0 bridgehead atoms. The van der Waals surface area contributed by atoms with Gasteiger partial charge in [0.1, 0.15) is 9.84 Å². The maximum absolute atomic E-state index is 11.1. The van der Waals surface area contributed by atoms with Crippen molar-refractivity contribution in [2.45, 2.75) is 33.3 Å². The molecule has 0 aliphatic rings. The van der Waals surface area contributed by atoms with Gasteiger partial charge in [-0.1, -0.05) is 20.8 Å². The molecule has 0 aromatic rings. The zero-order chi connectivity index (χ0) is 11.9. The topological polar surface area (TPSA) is 66.4 Å². The average molecular weight is 237 g/mol. The van der Waals surface area contributed by atoms with Crippen LogP contribution in [0.4, 0.5) is 0 Å². The van der Waals surface area contributed by atoms with Crippen molar-refractivity contribution in [1.29, 1.82) is 0 Å².